The second-order valence-corrected chi connectivity index (χ2v) is 5.33. The van der Waals surface area contributed by atoms with Gasteiger partial charge in [0.2, 0.25) is 5.91 Å². The average Bonchev–Trinajstić information content (AvgIpc) is 2.38. The van der Waals surface area contributed by atoms with Gasteiger partial charge in [-0.1, -0.05) is 26.0 Å². The SMILES string of the molecule is CCNC(C)CC(=O)Nc1ccc(C(C)CC(=O)O)cc1. The van der Waals surface area contributed by atoms with E-state index in [1.807, 2.05) is 45.0 Å². The average molecular weight is 292 g/mol. The van der Waals surface area contributed by atoms with Gasteiger partial charge in [-0.3, -0.25) is 9.59 Å². The molecule has 0 bridgehead atoms. The van der Waals surface area contributed by atoms with E-state index in [4.69, 9.17) is 5.11 Å². The molecule has 1 aromatic rings. The summed E-state index contributed by atoms with van der Waals surface area (Å²) in [5.41, 5.74) is 1.69. The zero-order chi connectivity index (χ0) is 15.8. The van der Waals surface area contributed by atoms with Crippen LogP contribution < -0.4 is 10.6 Å². The molecule has 0 aromatic heterocycles. The number of rotatable bonds is 8. The molecule has 5 heteroatoms. The number of carbonyl (C=O) groups excluding carboxylic acids is 1. The fourth-order valence-corrected chi connectivity index (χ4v) is 2.19. The van der Waals surface area contributed by atoms with Crippen molar-refractivity contribution in [2.45, 2.75) is 45.6 Å². The van der Waals surface area contributed by atoms with Crippen LogP contribution in [0, 0.1) is 0 Å². The predicted molar refractivity (Wildman–Crippen MR) is 83.5 cm³/mol. The van der Waals surface area contributed by atoms with E-state index in [0.29, 0.717) is 6.42 Å². The van der Waals surface area contributed by atoms with Crippen LogP contribution in [0.25, 0.3) is 0 Å². The highest BCUT2D eigenvalue weighted by atomic mass is 16.4. The van der Waals surface area contributed by atoms with E-state index in [9.17, 15) is 9.59 Å². The van der Waals surface area contributed by atoms with Crippen molar-refractivity contribution in [3.63, 3.8) is 0 Å². The zero-order valence-corrected chi connectivity index (χ0v) is 12.8. The van der Waals surface area contributed by atoms with Gasteiger partial charge in [0.05, 0.1) is 6.42 Å². The third kappa shape index (κ3) is 6.40. The van der Waals surface area contributed by atoms with Crippen LogP contribution in [0.3, 0.4) is 0 Å². The highest BCUT2D eigenvalue weighted by Gasteiger charge is 2.11. The second kappa shape index (κ2) is 8.42. The van der Waals surface area contributed by atoms with Crippen LogP contribution in [0.1, 0.15) is 45.1 Å². The molecule has 0 radical (unpaired) electrons. The van der Waals surface area contributed by atoms with Crippen LogP contribution in [0.2, 0.25) is 0 Å². The molecule has 21 heavy (non-hydrogen) atoms. The standard InChI is InChI=1S/C16H24N2O3/c1-4-17-12(3)10-15(19)18-14-7-5-13(6-8-14)11(2)9-16(20)21/h5-8,11-12,17H,4,9-10H2,1-3H3,(H,18,19)(H,20,21). The van der Waals surface area contributed by atoms with Crippen molar-refractivity contribution in [1.29, 1.82) is 0 Å². The lowest BCUT2D eigenvalue weighted by molar-refractivity contribution is -0.137. The Morgan fingerprint density at radius 3 is 2.29 bits per heavy atom. The number of aliphatic carboxylic acids is 1. The molecule has 1 amide bonds. The van der Waals surface area contributed by atoms with Gasteiger partial charge in [-0.2, -0.15) is 0 Å². The molecule has 1 rings (SSSR count). The first-order valence-electron chi connectivity index (χ1n) is 7.27. The second-order valence-electron chi connectivity index (χ2n) is 5.33. The highest BCUT2D eigenvalue weighted by molar-refractivity contribution is 5.91. The molecule has 2 atom stereocenters. The van der Waals surface area contributed by atoms with Gasteiger partial charge in [0.25, 0.3) is 0 Å². The van der Waals surface area contributed by atoms with E-state index in [2.05, 4.69) is 10.6 Å². The van der Waals surface area contributed by atoms with Gasteiger partial charge in [0.1, 0.15) is 0 Å². The van der Waals surface area contributed by atoms with Crippen molar-refractivity contribution in [2.24, 2.45) is 0 Å². The number of hydrogen-bond donors (Lipinski definition) is 3. The molecule has 2 unspecified atom stereocenters. The van der Waals surface area contributed by atoms with E-state index < -0.39 is 5.97 Å². The first kappa shape index (κ1) is 17.2. The lowest BCUT2D eigenvalue weighted by Gasteiger charge is -2.13. The van der Waals surface area contributed by atoms with E-state index in [-0.39, 0.29) is 24.3 Å². The lowest BCUT2D eigenvalue weighted by Crippen LogP contribution is -2.30. The summed E-state index contributed by atoms with van der Waals surface area (Å²) in [7, 11) is 0. The summed E-state index contributed by atoms with van der Waals surface area (Å²) in [5.74, 6) is -0.881. The number of amides is 1. The summed E-state index contributed by atoms with van der Waals surface area (Å²) in [6.45, 7) is 6.69. The summed E-state index contributed by atoms with van der Waals surface area (Å²) in [6, 6.07) is 7.48. The topological polar surface area (TPSA) is 78.4 Å². The van der Waals surface area contributed by atoms with Gasteiger partial charge < -0.3 is 15.7 Å². The molecule has 0 spiro atoms. The van der Waals surface area contributed by atoms with E-state index in [1.54, 1.807) is 0 Å². The lowest BCUT2D eigenvalue weighted by atomic mass is 9.98. The number of nitrogens with one attached hydrogen (secondary N) is 2. The molecule has 3 N–H and O–H groups in total. The summed E-state index contributed by atoms with van der Waals surface area (Å²) in [6.07, 6.45) is 0.525. The van der Waals surface area contributed by atoms with Gasteiger partial charge in [-0.05, 0) is 37.1 Å². The maximum absolute atomic E-state index is 11.8. The van der Waals surface area contributed by atoms with E-state index in [0.717, 1.165) is 17.8 Å². The first-order chi connectivity index (χ1) is 9.92. The zero-order valence-electron chi connectivity index (χ0n) is 12.8. The first-order valence-corrected chi connectivity index (χ1v) is 7.27. The molecule has 0 aliphatic heterocycles. The van der Waals surface area contributed by atoms with Gasteiger partial charge in [-0.15, -0.1) is 0 Å². The summed E-state index contributed by atoms with van der Waals surface area (Å²) < 4.78 is 0. The number of carbonyl (C=O) groups is 2. The Labute approximate surface area is 125 Å². The maximum Gasteiger partial charge on any atom is 0.303 e. The van der Waals surface area contributed by atoms with Crippen LogP contribution in [0.15, 0.2) is 24.3 Å². The quantitative estimate of drug-likeness (QED) is 0.688. The van der Waals surface area contributed by atoms with Crippen molar-refractivity contribution in [3.05, 3.63) is 29.8 Å². The van der Waals surface area contributed by atoms with Crippen molar-refractivity contribution in [3.8, 4) is 0 Å². The summed E-state index contributed by atoms with van der Waals surface area (Å²) in [5, 5.41) is 14.8. The molecular formula is C16H24N2O3. The monoisotopic (exact) mass is 292 g/mol. The van der Waals surface area contributed by atoms with Gasteiger partial charge in [0, 0.05) is 18.2 Å². The molecule has 116 valence electrons. The minimum Gasteiger partial charge on any atom is -0.481 e. The molecule has 0 saturated carbocycles. The maximum atomic E-state index is 11.8. The smallest absolute Gasteiger partial charge is 0.303 e. The fraction of sp³-hybridized carbons (Fsp3) is 0.500. The molecule has 5 nitrogen and oxygen atoms in total. The van der Waals surface area contributed by atoms with Gasteiger partial charge in [0.15, 0.2) is 0 Å². The molecule has 0 saturated heterocycles. The van der Waals surface area contributed by atoms with E-state index >= 15 is 0 Å². The predicted octanol–water partition coefficient (Wildman–Crippen LogP) is 2.59. The summed E-state index contributed by atoms with van der Waals surface area (Å²) >= 11 is 0. The number of carboxylic acid groups (broad SMARTS) is 1. The van der Waals surface area contributed by atoms with Crippen molar-refractivity contribution >= 4 is 17.6 Å². The Kier molecular flexibility index (Phi) is 6.88. The highest BCUT2D eigenvalue weighted by Crippen LogP contribution is 2.21. The number of carboxylic acids is 1. The Morgan fingerprint density at radius 1 is 1.14 bits per heavy atom. The van der Waals surface area contributed by atoms with Crippen LogP contribution in [-0.4, -0.2) is 29.6 Å². The third-order valence-electron chi connectivity index (χ3n) is 3.29. The van der Waals surface area contributed by atoms with Crippen molar-refractivity contribution in [2.75, 3.05) is 11.9 Å². The van der Waals surface area contributed by atoms with Crippen LogP contribution in [0.4, 0.5) is 5.69 Å². The number of benzene rings is 1. The Bertz CT molecular complexity index is 471. The third-order valence-corrected chi connectivity index (χ3v) is 3.29. The molecular weight excluding hydrogens is 268 g/mol. The van der Waals surface area contributed by atoms with Gasteiger partial charge in [-0.25, -0.2) is 0 Å². The van der Waals surface area contributed by atoms with E-state index in [1.165, 1.54) is 0 Å². The normalized spacial score (nSPS) is 13.5. The minimum absolute atomic E-state index is 0.0326. The molecule has 1 aromatic carbocycles. The molecule has 0 fully saturated rings. The molecule has 0 aliphatic carbocycles. The molecule has 0 heterocycles. The minimum atomic E-state index is -0.808. The Morgan fingerprint density at radius 2 is 1.76 bits per heavy atom. The van der Waals surface area contributed by atoms with Crippen LogP contribution in [-0.2, 0) is 9.59 Å². The fourth-order valence-electron chi connectivity index (χ4n) is 2.19. The Hall–Kier alpha value is -1.88. The Balaban J connectivity index is 2.54. The number of hydrogen-bond acceptors (Lipinski definition) is 3. The van der Waals surface area contributed by atoms with Crippen molar-refractivity contribution in [1.82, 2.24) is 5.32 Å². The number of anilines is 1. The van der Waals surface area contributed by atoms with Crippen molar-refractivity contribution < 1.29 is 14.7 Å². The van der Waals surface area contributed by atoms with Gasteiger partial charge >= 0.3 is 5.97 Å². The summed E-state index contributed by atoms with van der Waals surface area (Å²) in [4.78, 5) is 22.5. The largest absolute Gasteiger partial charge is 0.481 e. The molecule has 0 aliphatic rings. The van der Waals surface area contributed by atoms with Crippen LogP contribution >= 0.6 is 0 Å². The van der Waals surface area contributed by atoms with Crippen LogP contribution in [0.5, 0.6) is 0 Å².